The molecule has 0 spiro atoms. The van der Waals surface area contributed by atoms with Crippen LogP contribution in [-0.2, 0) is 14.6 Å². The zero-order valence-corrected chi connectivity index (χ0v) is 19.7. The molecule has 3 atom stereocenters. The number of amides is 1. The van der Waals surface area contributed by atoms with Crippen molar-refractivity contribution in [2.45, 2.75) is 103 Å². The summed E-state index contributed by atoms with van der Waals surface area (Å²) in [6, 6.07) is 0.226. The highest BCUT2D eigenvalue weighted by molar-refractivity contribution is 7.92. The van der Waals surface area contributed by atoms with Crippen LogP contribution in [0.3, 0.4) is 0 Å². The second-order valence-corrected chi connectivity index (χ2v) is 13.9. The lowest BCUT2D eigenvalue weighted by molar-refractivity contribution is -0.142. The summed E-state index contributed by atoms with van der Waals surface area (Å²) in [7, 11) is -5.04. The molecule has 4 nitrogen and oxygen atoms in total. The normalized spacial score (nSPS) is 41.5. The Hall–Kier alpha value is -0.790. The fraction of sp³-hybridized carbons (Fsp3) is 0.957. The smallest absolute Gasteiger partial charge is 0.352 e. The van der Waals surface area contributed by atoms with Crippen LogP contribution in [0, 0.1) is 27.6 Å². The van der Waals surface area contributed by atoms with Gasteiger partial charge in [-0.1, -0.05) is 20.8 Å². The van der Waals surface area contributed by atoms with Crippen molar-refractivity contribution in [1.82, 2.24) is 5.32 Å². The van der Waals surface area contributed by atoms with E-state index in [9.17, 15) is 26.4 Å². The first-order chi connectivity index (χ1) is 14.2. The molecule has 178 valence electrons. The van der Waals surface area contributed by atoms with Crippen LogP contribution >= 0.6 is 0 Å². The maximum atomic E-state index is 13.4. The summed E-state index contributed by atoms with van der Waals surface area (Å²) in [5, 5.41) is 3.44. The molecule has 5 aliphatic rings. The van der Waals surface area contributed by atoms with Crippen LogP contribution in [0.1, 0.15) is 91.4 Å². The highest BCUT2D eigenvalue weighted by Gasteiger charge is 2.62. The van der Waals surface area contributed by atoms with Crippen molar-refractivity contribution in [3.05, 3.63) is 0 Å². The van der Waals surface area contributed by atoms with E-state index in [1.54, 1.807) is 0 Å². The van der Waals surface area contributed by atoms with E-state index in [1.807, 2.05) is 0 Å². The highest BCUT2D eigenvalue weighted by Crippen LogP contribution is 2.66. The maximum absolute atomic E-state index is 13.4. The summed E-state index contributed by atoms with van der Waals surface area (Å²) in [5.41, 5.74) is -5.22. The molecule has 0 radical (unpaired) electrons. The van der Waals surface area contributed by atoms with Crippen molar-refractivity contribution < 1.29 is 26.4 Å². The van der Waals surface area contributed by atoms with Gasteiger partial charge in [-0.15, -0.1) is 0 Å². The number of carbonyl (C=O) groups excluding carboxylic acids is 1. The van der Waals surface area contributed by atoms with Crippen LogP contribution in [-0.4, -0.2) is 31.6 Å². The number of halogens is 3. The van der Waals surface area contributed by atoms with Crippen LogP contribution in [0.4, 0.5) is 13.2 Å². The topological polar surface area (TPSA) is 63.2 Å². The molecule has 1 N–H and O–H groups in total. The zero-order chi connectivity index (χ0) is 22.9. The first-order valence-corrected chi connectivity index (χ1v) is 13.4. The predicted molar refractivity (Wildman–Crippen MR) is 113 cm³/mol. The minimum Gasteiger partial charge on any atom is -0.352 e. The van der Waals surface area contributed by atoms with Gasteiger partial charge in [-0.25, -0.2) is 8.42 Å². The van der Waals surface area contributed by atoms with Crippen LogP contribution in [0.2, 0.25) is 0 Å². The number of fused-ring (bicyclic) bond motifs is 5. The standard InChI is InChI=1S/C23H36F3NO3S/c1-19(2)16-5-7-20(19,3)17(15-16)27-18(28)22-11-8-21(9-12-22,10-13-22)6-4-14-31(29,30)23(24,25)26/h16-17H,4-15H2,1-3H3,(H,27,28)/t16-,17+,20+,21?,22?/m0/s1. The Morgan fingerprint density at radius 1 is 1.00 bits per heavy atom. The first-order valence-electron chi connectivity index (χ1n) is 11.8. The predicted octanol–water partition coefficient (Wildman–Crippen LogP) is 5.37. The van der Waals surface area contributed by atoms with E-state index in [1.165, 1.54) is 6.42 Å². The largest absolute Gasteiger partial charge is 0.497 e. The number of nitrogens with one attached hydrogen (secondary N) is 1. The van der Waals surface area contributed by atoms with Gasteiger partial charge in [0.05, 0.1) is 5.75 Å². The molecule has 5 fully saturated rings. The molecule has 0 saturated heterocycles. The van der Waals surface area contributed by atoms with Crippen LogP contribution in [0.5, 0.6) is 0 Å². The van der Waals surface area contributed by atoms with Gasteiger partial charge < -0.3 is 5.32 Å². The molecule has 0 aromatic carbocycles. The molecular weight excluding hydrogens is 427 g/mol. The summed E-state index contributed by atoms with van der Waals surface area (Å²) in [5.74, 6) is 0.00911. The van der Waals surface area contributed by atoms with Crippen LogP contribution in [0.15, 0.2) is 0 Å². The quantitative estimate of drug-likeness (QED) is 0.576. The van der Waals surface area contributed by atoms with Crippen molar-refractivity contribution in [1.29, 1.82) is 0 Å². The summed E-state index contributed by atoms with van der Waals surface area (Å²) < 4.78 is 60.5. The molecule has 8 heteroatoms. The van der Waals surface area contributed by atoms with Crippen LogP contribution in [0.25, 0.3) is 0 Å². The molecular formula is C23H36F3NO3S. The van der Waals surface area contributed by atoms with Gasteiger partial charge >= 0.3 is 5.51 Å². The third-order valence-corrected chi connectivity index (χ3v) is 12.0. The lowest BCUT2D eigenvalue weighted by Gasteiger charge is -2.53. The van der Waals surface area contributed by atoms with Gasteiger partial charge in [0.2, 0.25) is 15.7 Å². The molecule has 1 amide bonds. The Bertz CT molecular complexity index is 826. The van der Waals surface area contributed by atoms with E-state index in [0.717, 1.165) is 51.4 Å². The van der Waals surface area contributed by atoms with E-state index >= 15 is 0 Å². The average molecular weight is 464 g/mol. The number of alkyl halides is 3. The third kappa shape index (κ3) is 3.54. The van der Waals surface area contributed by atoms with Gasteiger partial charge in [0.1, 0.15) is 0 Å². The van der Waals surface area contributed by atoms with Gasteiger partial charge in [0.15, 0.2) is 0 Å². The maximum Gasteiger partial charge on any atom is 0.497 e. The fourth-order valence-electron chi connectivity index (χ4n) is 7.47. The van der Waals surface area contributed by atoms with Crippen molar-refractivity contribution in [2.75, 3.05) is 5.75 Å². The van der Waals surface area contributed by atoms with Gasteiger partial charge in [-0.3, -0.25) is 4.79 Å². The molecule has 0 unspecified atom stereocenters. The zero-order valence-electron chi connectivity index (χ0n) is 18.9. The molecule has 0 aliphatic heterocycles. The molecule has 0 aromatic rings. The SMILES string of the molecule is CC1(C)[C@H]2CC[C@]1(C)[C@H](NC(=O)C13CCC(CCCS(=O)(=O)C(F)(F)F)(CC1)CC3)C2. The summed E-state index contributed by atoms with van der Waals surface area (Å²) in [6.45, 7) is 7.00. The minimum atomic E-state index is -5.16. The van der Waals surface area contributed by atoms with Crippen molar-refractivity contribution in [3.63, 3.8) is 0 Å². The molecule has 5 saturated carbocycles. The molecule has 5 aliphatic carbocycles. The van der Waals surface area contributed by atoms with E-state index in [4.69, 9.17) is 0 Å². The summed E-state index contributed by atoms with van der Waals surface area (Å²) >= 11 is 0. The molecule has 0 aromatic heterocycles. The summed E-state index contributed by atoms with van der Waals surface area (Å²) in [4.78, 5) is 13.4. The molecule has 0 heterocycles. The van der Waals surface area contributed by atoms with Crippen LogP contribution < -0.4 is 5.32 Å². The van der Waals surface area contributed by atoms with Gasteiger partial charge in [-0.05, 0) is 92.8 Å². The Labute approximate surface area is 184 Å². The van der Waals surface area contributed by atoms with Crippen molar-refractivity contribution in [3.8, 4) is 0 Å². The minimum absolute atomic E-state index is 0.0396. The van der Waals surface area contributed by atoms with Gasteiger partial charge in [-0.2, -0.15) is 13.2 Å². The Morgan fingerprint density at radius 2 is 1.58 bits per heavy atom. The van der Waals surface area contributed by atoms with E-state index in [2.05, 4.69) is 26.1 Å². The second-order valence-electron chi connectivity index (χ2n) is 11.8. The first kappa shape index (κ1) is 23.4. The van der Waals surface area contributed by atoms with Crippen molar-refractivity contribution >= 4 is 15.7 Å². The van der Waals surface area contributed by atoms with Gasteiger partial charge in [0.25, 0.3) is 0 Å². The average Bonchev–Trinajstić information content (AvgIpc) is 3.02. The number of hydrogen-bond donors (Lipinski definition) is 1. The monoisotopic (exact) mass is 463 g/mol. The Balaban J connectivity index is 1.33. The lowest BCUT2D eigenvalue weighted by atomic mass is 9.52. The summed E-state index contributed by atoms with van der Waals surface area (Å²) in [6.07, 6.45) is 8.72. The number of sulfone groups is 1. The van der Waals surface area contributed by atoms with E-state index in [0.29, 0.717) is 12.3 Å². The molecule has 31 heavy (non-hydrogen) atoms. The van der Waals surface area contributed by atoms with Crippen molar-refractivity contribution in [2.24, 2.45) is 27.6 Å². The number of rotatable bonds is 6. The van der Waals surface area contributed by atoms with Gasteiger partial charge in [0, 0.05) is 11.5 Å². The second kappa shape index (κ2) is 7.10. The number of hydrogen-bond acceptors (Lipinski definition) is 3. The lowest BCUT2D eigenvalue weighted by Crippen LogP contribution is -2.55. The van der Waals surface area contributed by atoms with E-state index < -0.39 is 21.1 Å². The Morgan fingerprint density at radius 3 is 2.03 bits per heavy atom. The highest BCUT2D eigenvalue weighted by atomic mass is 32.2. The molecule has 5 rings (SSSR count). The fourth-order valence-corrected chi connectivity index (χ4v) is 8.22. The van der Waals surface area contributed by atoms with E-state index in [-0.39, 0.29) is 40.0 Å². The third-order valence-electron chi connectivity index (χ3n) is 10.5. The Kier molecular flexibility index (Phi) is 5.35. The number of carbonyl (C=O) groups is 1. The molecule has 4 bridgehead atoms.